The first-order valence-corrected chi connectivity index (χ1v) is 9.81. The number of hydrogen-bond donors (Lipinski definition) is 1. The van der Waals surface area contributed by atoms with Crippen LogP contribution in [0.2, 0.25) is 0 Å². The fourth-order valence-corrected chi connectivity index (χ4v) is 4.59. The van der Waals surface area contributed by atoms with Crippen molar-refractivity contribution in [3.63, 3.8) is 0 Å². The first-order valence-electron chi connectivity index (χ1n) is 8.93. The van der Waals surface area contributed by atoms with E-state index in [1.165, 1.54) is 26.8 Å². The van der Waals surface area contributed by atoms with Crippen molar-refractivity contribution < 1.29 is 9.47 Å². The van der Waals surface area contributed by atoms with Crippen molar-refractivity contribution in [2.24, 2.45) is 0 Å². The van der Waals surface area contributed by atoms with Crippen molar-refractivity contribution >= 4 is 21.4 Å². The third-order valence-electron chi connectivity index (χ3n) is 4.68. The number of hydrogen-bond acceptors (Lipinski definition) is 4. The quantitative estimate of drug-likeness (QED) is 0.705. The van der Waals surface area contributed by atoms with E-state index in [0.29, 0.717) is 13.2 Å². The van der Waals surface area contributed by atoms with E-state index in [2.05, 4.69) is 47.1 Å². The van der Waals surface area contributed by atoms with E-state index in [9.17, 15) is 0 Å². The largest absolute Gasteiger partial charge is 0.490 e. The molecule has 0 bridgehead atoms. The maximum Gasteiger partial charge on any atom is 0.161 e. The minimum Gasteiger partial charge on any atom is -0.490 e. The molecule has 130 valence electrons. The van der Waals surface area contributed by atoms with E-state index >= 15 is 0 Å². The molecule has 3 aromatic rings. The van der Waals surface area contributed by atoms with Gasteiger partial charge in [0.25, 0.3) is 0 Å². The van der Waals surface area contributed by atoms with Gasteiger partial charge >= 0.3 is 0 Å². The molecular weight excluding hydrogens is 330 g/mol. The van der Waals surface area contributed by atoms with E-state index < -0.39 is 0 Å². The lowest BCUT2D eigenvalue weighted by Crippen LogP contribution is -2.30. The van der Waals surface area contributed by atoms with Gasteiger partial charge in [-0.3, -0.25) is 0 Å². The average Bonchev–Trinajstić information content (AvgIpc) is 3.06. The van der Waals surface area contributed by atoms with Gasteiger partial charge in [-0.05, 0) is 65.9 Å². The summed E-state index contributed by atoms with van der Waals surface area (Å²) in [5.74, 6) is 1.70. The highest BCUT2D eigenvalue weighted by Crippen LogP contribution is 2.40. The van der Waals surface area contributed by atoms with Gasteiger partial charge in [-0.15, -0.1) is 11.3 Å². The van der Waals surface area contributed by atoms with Crippen LogP contribution < -0.4 is 14.8 Å². The minimum atomic E-state index is 0.204. The van der Waals surface area contributed by atoms with Crippen LogP contribution in [0, 0.1) is 0 Å². The molecule has 1 N–H and O–H groups in total. The van der Waals surface area contributed by atoms with Gasteiger partial charge in [0, 0.05) is 11.2 Å². The fraction of sp³-hybridized carbons (Fsp3) is 0.333. The molecule has 1 unspecified atom stereocenters. The molecule has 0 saturated heterocycles. The summed E-state index contributed by atoms with van der Waals surface area (Å²) in [5.41, 5.74) is 4.01. The molecule has 4 rings (SSSR count). The van der Waals surface area contributed by atoms with Crippen molar-refractivity contribution in [3.05, 3.63) is 58.5 Å². The molecule has 1 aliphatic rings. The second kappa shape index (κ2) is 7.06. The van der Waals surface area contributed by atoms with Crippen molar-refractivity contribution in [3.8, 4) is 11.5 Å². The zero-order valence-corrected chi connectivity index (χ0v) is 15.5. The molecule has 2 aromatic carbocycles. The van der Waals surface area contributed by atoms with E-state index in [1.807, 2.05) is 25.2 Å². The lowest BCUT2D eigenvalue weighted by atomic mass is 9.89. The Balaban J connectivity index is 1.82. The lowest BCUT2D eigenvalue weighted by Gasteiger charge is -2.28. The monoisotopic (exact) mass is 353 g/mol. The highest BCUT2D eigenvalue weighted by molar-refractivity contribution is 7.17. The molecule has 25 heavy (non-hydrogen) atoms. The zero-order chi connectivity index (χ0) is 17.2. The summed E-state index contributed by atoms with van der Waals surface area (Å²) in [7, 11) is 0. The lowest BCUT2D eigenvalue weighted by molar-refractivity contribution is 0.286. The number of rotatable bonds is 5. The van der Waals surface area contributed by atoms with Gasteiger partial charge in [-0.1, -0.05) is 18.2 Å². The van der Waals surface area contributed by atoms with Crippen LogP contribution in [0.5, 0.6) is 11.5 Å². The van der Waals surface area contributed by atoms with Gasteiger partial charge in [0.1, 0.15) is 0 Å². The Morgan fingerprint density at radius 2 is 1.80 bits per heavy atom. The average molecular weight is 353 g/mol. The molecule has 4 heteroatoms. The van der Waals surface area contributed by atoms with Crippen LogP contribution in [0.1, 0.15) is 36.6 Å². The SMILES string of the molecule is CCOc1cc2c(cc1OCC)C(c1csc3ccccc13)NCC2. The van der Waals surface area contributed by atoms with Crippen molar-refractivity contribution in [2.75, 3.05) is 19.8 Å². The van der Waals surface area contributed by atoms with Crippen molar-refractivity contribution in [2.45, 2.75) is 26.3 Å². The van der Waals surface area contributed by atoms with Gasteiger partial charge in [0.15, 0.2) is 11.5 Å². The number of ether oxygens (including phenoxy) is 2. The van der Waals surface area contributed by atoms with E-state index in [1.54, 1.807) is 0 Å². The normalized spacial score (nSPS) is 16.6. The Kier molecular flexibility index (Phi) is 4.64. The van der Waals surface area contributed by atoms with Crippen LogP contribution in [-0.4, -0.2) is 19.8 Å². The van der Waals surface area contributed by atoms with E-state index in [-0.39, 0.29) is 6.04 Å². The topological polar surface area (TPSA) is 30.5 Å². The smallest absolute Gasteiger partial charge is 0.161 e. The standard InChI is InChI=1S/C21H23NO2S/c1-3-23-18-11-14-9-10-22-21(16(14)12-19(18)24-4-2)17-13-25-20-8-6-5-7-15(17)20/h5-8,11-13,21-22H,3-4,9-10H2,1-2H3. The predicted octanol–water partition coefficient (Wildman–Crippen LogP) is 4.93. The molecule has 0 radical (unpaired) electrons. The van der Waals surface area contributed by atoms with E-state index in [0.717, 1.165) is 24.5 Å². The summed E-state index contributed by atoms with van der Waals surface area (Å²) in [6.07, 6.45) is 1.01. The minimum absolute atomic E-state index is 0.204. The first kappa shape index (κ1) is 16.4. The van der Waals surface area contributed by atoms with Gasteiger partial charge in [0.2, 0.25) is 0 Å². The summed E-state index contributed by atoms with van der Waals surface area (Å²) in [4.78, 5) is 0. The molecule has 3 nitrogen and oxygen atoms in total. The van der Waals surface area contributed by atoms with Gasteiger partial charge in [0.05, 0.1) is 19.3 Å². The van der Waals surface area contributed by atoms with Crippen LogP contribution in [0.3, 0.4) is 0 Å². The maximum atomic E-state index is 5.86. The summed E-state index contributed by atoms with van der Waals surface area (Å²) in [5, 5.41) is 7.32. The number of benzene rings is 2. The van der Waals surface area contributed by atoms with Gasteiger partial charge in [-0.25, -0.2) is 0 Å². The molecule has 0 spiro atoms. The highest BCUT2D eigenvalue weighted by atomic mass is 32.1. The second-order valence-corrected chi connectivity index (χ2v) is 7.10. The molecule has 0 saturated carbocycles. The predicted molar refractivity (Wildman–Crippen MR) is 104 cm³/mol. The zero-order valence-electron chi connectivity index (χ0n) is 14.7. The molecule has 1 aliphatic heterocycles. The number of fused-ring (bicyclic) bond motifs is 2. The molecule has 2 heterocycles. The van der Waals surface area contributed by atoms with Crippen molar-refractivity contribution in [1.82, 2.24) is 5.32 Å². The Hall–Kier alpha value is -2.04. The summed E-state index contributed by atoms with van der Waals surface area (Å²) >= 11 is 1.81. The molecule has 1 atom stereocenters. The molecular formula is C21H23NO2S. The van der Waals surface area contributed by atoms with Crippen LogP contribution in [0.25, 0.3) is 10.1 Å². The summed E-state index contributed by atoms with van der Waals surface area (Å²) in [6, 6.07) is 13.2. The van der Waals surface area contributed by atoms with Crippen LogP contribution >= 0.6 is 11.3 Å². The molecule has 1 aromatic heterocycles. The van der Waals surface area contributed by atoms with Gasteiger partial charge in [-0.2, -0.15) is 0 Å². The van der Waals surface area contributed by atoms with E-state index in [4.69, 9.17) is 9.47 Å². The Morgan fingerprint density at radius 1 is 1.04 bits per heavy atom. The Bertz CT molecular complexity index is 887. The maximum absolute atomic E-state index is 5.86. The molecule has 0 fully saturated rings. The third kappa shape index (κ3) is 3.00. The number of thiophene rings is 1. The Labute approximate surface area is 152 Å². The van der Waals surface area contributed by atoms with Gasteiger partial charge < -0.3 is 14.8 Å². The van der Waals surface area contributed by atoms with Crippen LogP contribution in [-0.2, 0) is 6.42 Å². The summed E-state index contributed by atoms with van der Waals surface area (Å²) in [6.45, 7) is 6.28. The highest BCUT2D eigenvalue weighted by Gasteiger charge is 2.26. The third-order valence-corrected chi connectivity index (χ3v) is 5.66. The summed E-state index contributed by atoms with van der Waals surface area (Å²) < 4.78 is 13.0. The number of nitrogens with one attached hydrogen (secondary N) is 1. The fourth-order valence-electron chi connectivity index (χ4n) is 3.60. The van der Waals surface area contributed by atoms with Crippen LogP contribution in [0.4, 0.5) is 0 Å². The van der Waals surface area contributed by atoms with Crippen molar-refractivity contribution in [1.29, 1.82) is 0 Å². The second-order valence-electron chi connectivity index (χ2n) is 6.19. The molecule has 0 amide bonds. The Morgan fingerprint density at radius 3 is 2.60 bits per heavy atom. The first-order chi connectivity index (χ1) is 12.3. The van der Waals surface area contributed by atoms with Crippen LogP contribution in [0.15, 0.2) is 41.8 Å². The molecule has 0 aliphatic carbocycles.